The van der Waals surface area contributed by atoms with Gasteiger partial charge < -0.3 is 15.8 Å². The van der Waals surface area contributed by atoms with Crippen LogP contribution in [-0.4, -0.2) is 22.1 Å². The van der Waals surface area contributed by atoms with Gasteiger partial charge in [0.2, 0.25) is 11.9 Å². The Labute approximate surface area is 138 Å². The molecule has 0 aliphatic rings. The van der Waals surface area contributed by atoms with Crippen LogP contribution in [0.4, 0.5) is 22.0 Å². The van der Waals surface area contributed by atoms with Gasteiger partial charge in [0, 0.05) is 11.8 Å². The summed E-state index contributed by atoms with van der Waals surface area (Å²) in [6.45, 7) is 2.00. The highest BCUT2D eigenvalue weighted by molar-refractivity contribution is 5.66. The van der Waals surface area contributed by atoms with Gasteiger partial charge in [0.25, 0.3) is 0 Å². The van der Waals surface area contributed by atoms with Crippen LogP contribution in [0.5, 0.6) is 5.75 Å². The number of aromatic nitrogens is 3. The van der Waals surface area contributed by atoms with Crippen molar-refractivity contribution < 1.29 is 9.13 Å². The van der Waals surface area contributed by atoms with E-state index in [4.69, 9.17) is 10.5 Å². The van der Waals surface area contributed by atoms with Crippen molar-refractivity contribution in [2.45, 2.75) is 6.92 Å². The number of anilines is 3. The molecule has 1 heterocycles. The molecule has 0 saturated heterocycles. The highest BCUT2D eigenvalue weighted by Gasteiger charge is 2.13. The Bertz CT molecular complexity index is 867. The first kappa shape index (κ1) is 15.7. The standard InChI is InChI=1S/C17H16FN5O/c1-10-3-6-12(7-4-10)20-17-22-15(21-16(19)23-17)13-8-5-11(18)9-14(13)24-2/h3-9H,1-2H3,(H3,19,20,21,22,23). The third kappa shape index (κ3) is 3.40. The molecule has 6 nitrogen and oxygen atoms in total. The number of halogens is 1. The molecule has 0 amide bonds. The van der Waals surface area contributed by atoms with Gasteiger partial charge in [-0.25, -0.2) is 4.39 Å². The van der Waals surface area contributed by atoms with Crippen molar-refractivity contribution in [1.29, 1.82) is 0 Å². The molecule has 0 spiro atoms. The lowest BCUT2D eigenvalue weighted by molar-refractivity contribution is 0.412. The third-order valence-corrected chi connectivity index (χ3v) is 3.36. The average molecular weight is 325 g/mol. The van der Waals surface area contributed by atoms with E-state index in [2.05, 4.69) is 20.3 Å². The van der Waals surface area contributed by atoms with Crippen molar-refractivity contribution in [3.05, 3.63) is 53.8 Å². The number of benzene rings is 2. The molecule has 0 saturated carbocycles. The zero-order chi connectivity index (χ0) is 17.1. The Kier molecular flexibility index (Phi) is 4.24. The summed E-state index contributed by atoms with van der Waals surface area (Å²) >= 11 is 0. The molecule has 0 bridgehead atoms. The number of rotatable bonds is 4. The molecule has 0 fully saturated rings. The molecule has 3 aromatic rings. The second-order valence-electron chi connectivity index (χ2n) is 5.18. The van der Waals surface area contributed by atoms with E-state index in [9.17, 15) is 4.39 Å². The number of nitrogen functional groups attached to an aromatic ring is 1. The van der Waals surface area contributed by atoms with Crippen molar-refractivity contribution in [1.82, 2.24) is 15.0 Å². The van der Waals surface area contributed by atoms with E-state index in [0.717, 1.165) is 11.3 Å². The molecular weight excluding hydrogens is 309 g/mol. The van der Waals surface area contributed by atoms with Crippen LogP contribution in [0, 0.1) is 12.7 Å². The van der Waals surface area contributed by atoms with Crippen molar-refractivity contribution in [2.24, 2.45) is 0 Å². The van der Waals surface area contributed by atoms with Gasteiger partial charge in [0.05, 0.1) is 12.7 Å². The molecular formula is C17H16FN5O. The first-order chi connectivity index (χ1) is 11.5. The maximum atomic E-state index is 13.4. The van der Waals surface area contributed by atoms with Gasteiger partial charge in [-0.3, -0.25) is 0 Å². The van der Waals surface area contributed by atoms with Gasteiger partial charge in [0.1, 0.15) is 11.6 Å². The van der Waals surface area contributed by atoms with E-state index in [1.54, 1.807) is 6.07 Å². The van der Waals surface area contributed by atoms with Crippen molar-refractivity contribution in [2.75, 3.05) is 18.2 Å². The van der Waals surface area contributed by atoms with Crippen LogP contribution in [0.1, 0.15) is 5.56 Å². The first-order valence-electron chi connectivity index (χ1n) is 7.24. The van der Waals surface area contributed by atoms with Gasteiger partial charge in [-0.2, -0.15) is 15.0 Å². The van der Waals surface area contributed by atoms with Gasteiger partial charge in [-0.05, 0) is 31.2 Å². The molecule has 0 aliphatic heterocycles. The normalized spacial score (nSPS) is 10.5. The molecule has 0 atom stereocenters. The smallest absolute Gasteiger partial charge is 0.232 e. The second-order valence-corrected chi connectivity index (χ2v) is 5.18. The predicted octanol–water partition coefficient (Wildman–Crippen LogP) is 3.32. The summed E-state index contributed by atoms with van der Waals surface area (Å²) in [6, 6.07) is 11.9. The maximum absolute atomic E-state index is 13.4. The summed E-state index contributed by atoms with van der Waals surface area (Å²) < 4.78 is 18.5. The fraction of sp³-hybridized carbons (Fsp3) is 0.118. The second kappa shape index (κ2) is 6.49. The summed E-state index contributed by atoms with van der Waals surface area (Å²) in [5.41, 5.74) is 8.27. The quantitative estimate of drug-likeness (QED) is 0.765. The monoisotopic (exact) mass is 325 g/mol. The predicted molar refractivity (Wildman–Crippen MR) is 90.6 cm³/mol. The summed E-state index contributed by atoms with van der Waals surface area (Å²) in [7, 11) is 1.45. The molecule has 122 valence electrons. The highest BCUT2D eigenvalue weighted by atomic mass is 19.1. The van der Waals surface area contributed by atoms with Crippen LogP contribution >= 0.6 is 0 Å². The zero-order valence-corrected chi connectivity index (χ0v) is 13.2. The van der Waals surface area contributed by atoms with Gasteiger partial charge in [-0.15, -0.1) is 0 Å². The number of hydrogen-bond acceptors (Lipinski definition) is 6. The molecule has 24 heavy (non-hydrogen) atoms. The largest absolute Gasteiger partial charge is 0.496 e. The SMILES string of the molecule is COc1cc(F)ccc1-c1nc(N)nc(Nc2ccc(C)cc2)n1. The molecule has 0 aliphatic carbocycles. The Morgan fingerprint density at radius 3 is 2.50 bits per heavy atom. The topological polar surface area (TPSA) is 86.0 Å². The lowest BCUT2D eigenvalue weighted by Gasteiger charge is -2.10. The molecule has 1 aromatic heterocycles. The van der Waals surface area contributed by atoms with E-state index >= 15 is 0 Å². The molecule has 2 aromatic carbocycles. The maximum Gasteiger partial charge on any atom is 0.232 e. The van der Waals surface area contributed by atoms with Gasteiger partial charge in [-0.1, -0.05) is 17.7 Å². The van der Waals surface area contributed by atoms with E-state index in [1.165, 1.54) is 19.2 Å². The summed E-state index contributed by atoms with van der Waals surface area (Å²) in [5.74, 6) is 0.570. The third-order valence-electron chi connectivity index (χ3n) is 3.36. The number of ether oxygens (including phenoxy) is 1. The van der Waals surface area contributed by atoms with Crippen LogP contribution < -0.4 is 15.8 Å². The van der Waals surface area contributed by atoms with Gasteiger partial charge >= 0.3 is 0 Å². The lowest BCUT2D eigenvalue weighted by atomic mass is 10.2. The Balaban J connectivity index is 1.98. The van der Waals surface area contributed by atoms with Crippen molar-refractivity contribution >= 4 is 17.6 Å². The number of aryl methyl sites for hydroxylation is 1. The van der Waals surface area contributed by atoms with Crippen LogP contribution in [0.3, 0.4) is 0 Å². The van der Waals surface area contributed by atoms with Crippen LogP contribution in [-0.2, 0) is 0 Å². The minimum atomic E-state index is -0.407. The van der Waals surface area contributed by atoms with E-state index in [1.807, 2.05) is 31.2 Å². The molecule has 3 rings (SSSR count). The highest BCUT2D eigenvalue weighted by Crippen LogP contribution is 2.29. The fourth-order valence-electron chi connectivity index (χ4n) is 2.18. The minimum Gasteiger partial charge on any atom is -0.496 e. The molecule has 0 unspecified atom stereocenters. The molecule has 0 radical (unpaired) electrons. The first-order valence-corrected chi connectivity index (χ1v) is 7.24. The van der Waals surface area contributed by atoms with Crippen molar-refractivity contribution in [3.63, 3.8) is 0 Å². The number of methoxy groups -OCH3 is 1. The Morgan fingerprint density at radius 2 is 1.79 bits per heavy atom. The van der Waals surface area contributed by atoms with Crippen LogP contribution in [0.15, 0.2) is 42.5 Å². The van der Waals surface area contributed by atoms with Crippen molar-refractivity contribution in [3.8, 4) is 17.1 Å². The Hall–Kier alpha value is -3.22. The lowest BCUT2D eigenvalue weighted by Crippen LogP contribution is -2.05. The Morgan fingerprint density at radius 1 is 1.04 bits per heavy atom. The summed E-state index contributed by atoms with van der Waals surface area (Å²) in [4.78, 5) is 12.5. The number of nitrogens with two attached hydrogens (primary N) is 1. The summed E-state index contributed by atoms with van der Waals surface area (Å²) in [5, 5.41) is 3.07. The zero-order valence-electron chi connectivity index (χ0n) is 13.2. The van der Waals surface area contributed by atoms with Crippen LogP contribution in [0.2, 0.25) is 0 Å². The molecule has 3 N–H and O–H groups in total. The van der Waals surface area contributed by atoms with E-state index in [-0.39, 0.29) is 5.95 Å². The fourth-order valence-corrected chi connectivity index (χ4v) is 2.18. The van der Waals surface area contributed by atoms with Gasteiger partial charge in [0.15, 0.2) is 5.82 Å². The summed E-state index contributed by atoms with van der Waals surface area (Å²) in [6.07, 6.45) is 0. The van der Waals surface area contributed by atoms with E-state index < -0.39 is 5.82 Å². The average Bonchev–Trinajstić information content (AvgIpc) is 2.56. The number of hydrogen-bond donors (Lipinski definition) is 2. The number of nitrogens with zero attached hydrogens (tertiary/aromatic N) is 3. The number of nitrogens with one attached hydrogen (secondary N) is 1. The van der Waals surface area contributed by atoms with E-state index in [0.29, 0.717) is 23.1 Å². The van der Waals surface area contributed by atoms with Crippen LogP contribution in [0.25, 0.3) is 11.4 Å². The molecule has 7 heteroatoms. The minimum absolute atomic E-state index is 0.0565.